The van der Waals surface area contributed by atoms with Crippen molar-refractivity contribution in [3.8, 4) is 11.9 Å². The van der Waals surface area contributed by atoms with Crippen molar-refractivity contribution in [1.82, 2.24) is 9.55 Å². The fourth-order valence-electron chi connectivity index (χ4n) is 3.25. The van der Waals surface area contributed by atoms with E-state index in [0.29, 0.717) is 11.5 Å². The minimum Gasteiger partial charge on any atom is -0.480 e. The zero-order valence-corrected chi connectivity index (χ0v) is 17.0. The van der Waals surface area contributed by atoms with Crippen molar-refractivity contribution in [3.05, 3.63) is 67.5 Å². The second-order valence-electron chi connectivity index (χ2n) is 6.88. The summed E-state index contributed by atoms with van der Waals surface area (Å²) in [6, 6.07) is 6.06. The van der Waals surface area contributed by atoms with Crippen molar-refractivity contribution in [1.29, 1.82) is 5.26 Å². The first kappa shape index (κ1) is 22.5. The summed E-state index contributed by atoms with van der Waals surface area (Å²) in [6.07, 6.45) is -4.78. The van der Waals surface area contributed by atoms with E-state index in [1.165, 1.54) is 37.8 Å². The standard InChI is InChI=1S/C20H16F3N5O4/c1-10(11-6-12(20(21,22)23)8-13(7-11)28(30)31)25-18-14-4-5-16(29)27(2)17(14)15(9-24)19(26-18)32-3/h4-8,10H,1-3H3,(H,25,26)/t10-/m1/s1. The Balaban J connectivity index is 2.18. The molecule has 0 fully saturated rings. The molecule has 3 rings (SSSR count). The molecule has 2 aromatic heterocycles. The number of aryl methyl sites for hydroxylation is 1. The topological polar surface area (TPSA) is 123 Å². The van der Waals surface area contributed by atoms with E-state index in [9.17, 15) is 33.3 Å². The quantitative estimate of drug-likeness (QED) is 0.465. The van der Waals surface area contributed by atoms with Crippen molar-refractivity contribution in [2.75, 3.05) is 12.4 Å². The normalized spacial score (nSPS) is 12.3. The number of anilines is 1. The van der Waals surface area contributed by atoms with Gasteiger partial charge in [0.2, 0.25) is 5.88 Å². The van der Waals surface area contributed by atoms with Crippen LogP contribution < -0.4 is 15.6 Å². The van der Waals surface area contributed by atoms with Crippen molar-refractivity contribution >= 4 is 22.4 Å². The zero-order valence-electron chi connectivity index (χ0n) is 17.0. The lowest BCUT2D eigenvalue weighted by Gasteiger charge is -2.19. The van der Waals surface area contributed by atoms with Gasteiger partial charge in [-0.15, -0.1) is 0 Å². The molecular weight excluding hydrogens is 431 g/mol. The van der Waals surface area contributed by atoms with Crippen LogP contribution in [-0.2, 0) is 13.2 Å². The molecule has 0 bridgehead atoms. The highest BCUT2D eigenvalue weighted by molar-refractivity contribution is 5.94. The monoisotopic (exact) mass is 447 g/mol. The fourth-order valence-corrected chi connectivity index (χ4v) is 3.25. The van der Waals surface area contributed by atoms with Gasteiger partial charge in [-0.05, 0) is 24.6 Å². The molecule has 0 spiro atoms. The van der Waals surface area contributed by atoms with E-state index in [4.69, 9.17) is 4.74 Å². The molecule has 0 saturated carbocycles. The highest BCUT2D eigenvalue weighted by Crippen LogP contribution is 2.36. The van der Waals surface area contributed by atoms with Crippen LogP contribution in [0.4, 0.5) is 24.7 Å². The van der Waals surface area contributed by atoms with Crippen LogP contribution in [0.2, 0.25) is 0 Å². The second-order valence-corrected chi connectivity index (χ2v) is 6.88. The van der Waals surface area contributed by atoms with E-state index in [0.717, 1.165) is 12.1 Å². The number of nitro benzene ring substituents is 1. The molecule has 1 atom stereocenters. The maximum atomic E-state index is 13.2. The Labute approximate surface area is 178 Å². The van der Waals surface area contributed by atoms with Gasteiger partial charge in [0.15, 0.2) is 0 Å². The van der Waals surface area contributed by atoms with Crippen molar-refractivity contribution in [2.45, 2.75) is 19.1 Å². The van der Waals surface area contributed by atoms with Crippen LogP contribution in [0.1, 0.15) is 29.7 Å². The van der Waals surface area contributed by atoms with E-state index >= 15 is 0 Å². The van der Waals surface area contributed by atoms with E-state index in [1.54, 1.807) is 0 Å². The van der Waals surface area contributed by atoms with Gasteiger partial charge in [-0.3, -0.25) is 14.9 Å². The van der Waals surface area contributed by atoms with Crippen molar-refractivity contribution in [3.63, 3.8) is 0 Å². The summed E-state index contributed by atoms with van der Waals surface area (Å²) in [7, 11) is 2.73. The Hall–Kier alpha value is -4.14. The number of nitrogens with zero attached hydrogens (tertiary/aromatic N) is 4. The number of nitro groups is 1. The number of nitriles is 1. The molecule has 0 saturated heterocycles. The molecule has 0 unspecified atom stereocenters. The summed E-state index contributed by atoms with van der Waals surface area (Å²) in [4.78, 5) is 26.6. The molecule has 2 heterocycles. The Morgan fingerprint density at radius 3 is 2.56 bits per heavy atom. The number of aromatic nitrogens is 2. The van der Waals surface area contributed by atoms with Crippen LogP contribution in [0.15, 0.2) is 35.1 Å². The number of hydrogen-bond donors (Lipinski definition) is 1. The number of nitrogens with one attached hydrogen (secondary N) is 1. The average Bonchev–Trinajstić information content (AvgIpc) is 2.74. The van der Waals surface area contributed by atoms with Crippen LogP contribution in [-0.4, -0.2) is 21.6 Å². The number of halogens is 3. The predicted molar refractivity (Wildman–Crippen MR) is 108 cm³/mol. The second kappa shape index (κ2) is 8.18. The van der Waals surface area contributed by atoms with Gasteiger partial charge in [-0.25, -0.2) is 0 Å². The molecular formula is C20H16F3N5O4. The molecule has 0 amide bonds. The van der Waals surface area contributed by atoms with Gasteiger partial charge in [-0.1, -0.05) is 0 Å². The molecule has 12 heteroatoms. The van der Waals surface area contributed by atoms with Crippen LogP contribution in [0.25, 0.3) is 10.9 Å². The summed E-state index contributed by atoms with van der Waals surface area (Å²) < 4.78 is 46.1. The van der Waals surface area contributed by atoms with Gasteiger partial charge >= 0.3 is 6.18 Å². The number of benzene rings is 1. The summed E-state index contributed by atoms with van der Waals surface area (Å²) in [5, 5.41) is 23.9. The molecule has 0 aliphatic heterocycles. The third kappa shape index (κ3) is 4.04. The minimum atomic E-state index is -4.78. The first-order valence-electron chi connectivity index (χ1n) is 9.08. The van der Waals surface area contributed by atoms with Gasteiger partial charge < -0.3 is 14.6 Å². The summed E-state index contributed by atoms with van der Waals surface area (Å²) in [5.74, 6) is 0.0323. The fraction of sp³-hybridized carbons (Fsp3) is 0.250. The molecule has 3 aromatic rings. The number of ether oxygens (including phenoxy) is 1. The Bertz CT molecular complexity index is 1330. The van der Waals surface area contributed by atoms with Gasteiger partial charge in [0.25, 0.3) is 11.2 Å². The number of fused-ring (bicyclic) bond motifs is 1. The SMILES string of the molecule is COc1nc(N[C@H](C)c2cc([N+](=O)[O-])cc(C(F)(F)F)c2)c2ccc(=O)n(C)c2c1C#N. The highest BCUT2D eigenvalue weighted by atomic mass is 19.4. The summed E-state index contributed by atoms with van der Waals surface area (Å²) in [5.41, 5.74) is -2.04. The Kier molecular flexibility index (Phi) is 5.76. The average molecular weight is 447 g/mol. The van der Waals surface area contributed by atoms with E-state index in [1.807, 2.05) is 6.07 Å². The number of pyridine rings is 2. The van der Waals surface area contributed by atoms with Gasteiger partial charge in [-0.2, -0.15) is 23.4 Å². The van der Waals surface area contributed by atoms with Crippen molar-refractivity contribution in [2.24, 2.45) is 7.05 Å². The van der Waals surface area contributed by atoms with Crippen LogP contribution >= 0.6 is 0 Å². The number of rotatable bonds is 5. The maximum Gasteiger partial charge on any atom is 0.416 e. The molecule has 1 N–H and O–H groups in total. The van der Waals surface area contributed by atoms with E-state index in [-0.39, 0.29) is 28.3 Å². The lowest BCUT2D eigenvalue weighted by Crippen LogP contribution is -2.18. The lowest BCUT2D eigenvalue weighted by molar-refractivity contribution is -0.385. The molecule has 0 aliphatic carbocycles. The maximum absolute atomic E-state index is 13.2. The molecule has 1 aromatic carbocycles. The van der Waals surface area contributed by atoms with E-state index in [2.05, 4.69) is 10.3 Å². The first-order valence-corrected chi connectivity index (χ1v) is 9.08. The summed E-state index contributed by atoms with van der Waals surface area (Å²) >= 11 is 0. The van der Waals surface area contributed by atoms with Crippen LogP contribution in [0.5, 0.6) is 5.88 Å². The third-order valence-electron chi connectivity index (χ3n) is 4.87. The zero-order chi connectivity index (χ0) is 23.8. The van der Waals surface area contributed by atoms with Gasteiger partial charge in [0.05, 0.1) is 29.2 Å². The minimum absolute atomic E-state index is 0.00498. The predicted octanol–water partition coefficient (Wildman–Crippen LogP) is 3.91. The number of methoxy groups -OCH3 is 1. The molecule has 0 radical (unpaired) electrons. The van der Waals surface area contributed by atoms with Crippen LogP contribution in [0.3, 0.4) is 0 Å². The van der Waals surface area contributed by atoms with Crippen LogP contribution in [0, 0.1) is 21.4 Å². The number of alkyl halides is 3. The lowest BCUT2D eigenvalue weighted by atomic mass is 10.0. The highest BCUT2D eigenvalue weighted by Gasteiger charge is 2.33. The molecule has 166 valence electrons. The number of non-ortho nitro benzene ring substituents is 1. The smallest absolute Gasteiger partial charge is 0.416 e. The Morgan fingerprint density at radius 2 is 2.00 bits per heavy atom. The largest absolute Gasteiger partial charge is 0.480 e. The molecule has 0 aliphatic rings. The van der Waals surface area contributed by atoms with Crippen molar-refractivity contribution < 1.29 is 22.8 Å². The van der Waals surface area contributed by atoms with Gasteiger partial charge in [0, 0.05) is 30.6 Å². The summed E-state index contributed by atoms with van der Waals surface area (Å²) in [6.45, 7) is 1.50. The third-order valence-corrected chi connectivity index (χ3v) is 4.87. The Morgan fingerprint density at radius 1 is 1.31 bits per heavy atom. The van der Waals surface area contributed by atoms with Gasteiger partial charge in [0.1, 0.15) is 17.5 Å². The number of hydrogen-bond acceptors (Lipinski definition) is 7. The first-order chi connectivity index (χ1) is 15.0. The molecule has 9 nitrogen and oxygen atoms in total. The molecule has 32 heavy (non-hydrogen) atoms. The van der Waals surface area contributed by atoms with E-state index < -0.39 is 34.0 Å².